The second kappa shape index (κ2) is 8.75. The van der Waals surface area contributed by atoms with E-state index in [0.29, 0.717) is 12.8 Å². The van der Waals surface area contributed by atoms with Gasteiger partial charge in [0.25, 0.3) is 0 Å². The minimum atomic E-state index is -0.475. The van der Waals surface area contributed by atoms with Gasteiger partial charge in [-0.3, -0.25) is 4.79 Å². The smallest absolute Gasteiger partial charge is 0.158 e. The minimum Gasteiger partial charge on any atom is -0.393 e. The molecule has 118 valence electrons. The molecule has 4 nitrogen and oxygen atoms in total. The summed E-state index contributed by atoms with van der Waals surface area (Å²) in [6.45, 7) is 7.67. The minimum absolute atomic E-state index is 0.0411. The van der Waals surface area contributed by atoms with Crippen LogP contribution in [-0.4, -0.2) is 35.5 Å². The van der Waals surface area contributed by atoms with Crippen LogP contribution in [0.5, 0.6) is 0 Å². The summed E-state index contributed by atoms with van der Waals surface area (Å²) in [5, 5.41) is 10.1. The molecule has 5 atom stereocenters. The van der Waals surface area contributed by atoms with E-state index in [4.69, 9.17) is 9.47 Å². The maximum atomic E-state index is 11.2. The number of hydrogen-bond donors (Lipinski definition) is 1. The summed E-state index contributed by atoms with van der Waals surface area (Å²) in [7, 11) is 0. The van der Waals surface area contributed by atoms with Crippen LogP contribution in [-0.2, 0) is 14.3 Å². The Balaban J connectivity index is 2.45. The van der Waals surface area contributed by atoms with Crippen molar-refractivity contribution in [1.82, 2.24) is 0 Å². The molecular weight excluding hydrogens is 256 g/mol. The highest BCUT2D eigenvalue weighted by atomic mass is 16.7. The van der Waals surface area contributed by atoms with Crippen molar-refractivity contribution in [1.29, 1.82) is 0 Å². The second-order valence-corrected chi connectivity index (χ2v) is 6.02. The number of aliphatic hydroxyl groups is 1. The van der Waals surface area contributed by atoms with Gasteiger partial charge in [-0.2, -0.15) is 0 Å². The van der Waals surface area contributed by atoms with Gasteiger partial charge in [0.05, 0.1) is 18.3 Å². The molecular formula is C16H30O4. The third kappa shape index (κ3) is 5.90. The molecule has 4 heteroatoms. The Hall–Kier alpha value is -0.450. The monoisotopic (exact) mass is 286 g/mol. The third-order valence-electron chi connectivity index (χ3n) is 4.05. The first-order valence-corrected chi connectivity index (χ1v) is 7.95. The molecule has 0 aromatic carbocycles. The SMILES string of the molecule is CCCC1OC(CC)CC(CC(O)CC(C)C(C)=O)O1. The van der Waals surface area contributed by atoms with Crippen molar-refractivity contribution in [2.75, 3.05) is 0 Å². The van der Waals surface area contributed by atoms with Gasteiger partial charge in [-0.15, -0.1) is 0 Å². The highest BCUT2D eigenvalue weighted by Gasteiger charge is 2.30. The summed E-state index contributed by atoms with van der Waals surface area (Å²) in [5.41, 5.74) is 0. The summed E-state index contributed by atoms with van der Waals surface area (Å²) in [6.07, 6.45) is 4.50. The van der Waals surface area contributed by atoms with E-state index in [9.17, 15) is 9.90 Å². The van der Waals surface area contributed by atoms with Gasteiger partial charge in [0.1, 0.15) is 5.78 Å². The normalized spacial score (nSPS) is 29.9. The van der Waals surface area contributed by atoms with E-state index in [2.05, 4.69) is 13.8 Å². The van der Waals surface area contributed by atoms with E-state index in [1.807, 2.05) is 6.92 Å². The topological polar surface area (TPSA) is 55.8 Å². The maximum Gasteiger partial charge on any atom is 0.158 e. The highest BCUT2D eigenvalue weighted by Crippen LogP contribution is 2.27. The predicted octanol–water partition coefficient (Wildman–Crippen LogP) is 3.06. The number of rotatable bonds is 8. The molecule has 20 heavy (non-hydrogen) atoms. The fraction of sp³-hybridized carbons (Fsp3) is 0.938. The summed E-state index contributed by atoms with van der Waals surface area (Å²) in [4.78, 5) is 11.2. The molecule has 0 bridgehead atoms. The fourth-order valence-electron chi connectivity index (χ4n) is 2.63. The molecule has 5 unspecified atom stereocenters. The standard InChI is InChI=1S/C16H30O4/c1-5-7-16-19-14(6-2)10-15(20-16)9-13(18)8-11(3)12(4)17/h11,13-16,18H,5-10H2,1-4H3. The summed E-state index contributed by atoms with van der Waals surface area (Å²) in [6, 6.07) is 0. The molecule has 1 heterocycles. The Morgan fingerprint density at radius 1 is 1.30 bits per heavy atom. The maximum absolute atomic E-state index is 11.2. The van der Waals surface area contributed by atoms with Gasteiger partial charge < -0.3 is 14.6 Å². The molecule has 0 aromatic rings. The zero-order chi connectivity index (χ0) is 15.1. The van der Waals surface area contributed by atoms with Gasteiger partial charge in [-0.05, 0) is 32.6 Å². The summed E-state index contributed by atoms with van der Waals surface area (Å²) < 4.78 is 11.8. The average Bonchev–Trinajstić information content (AvgIpc) is 2.38. The Bertz CT molecular complexity index is 292. The fourth-order valence-corrected chi connectivity index (χ4v) is 2.63. The van der Waals surface area contributed by atoms with Crippen molar-refractivity contribution in [2.24, 2.45) is 5.92 Å². The molecule has 1 aliphatic rings. The van der Waals surface area contributed by atoms with Crippen molar-refractivity contribution >= 4 is 5.78 Å². The van der Waals surface area contributed by atoms with Crippen LogP contribution < -0.4 is 0 Å². The van der Waals surface area contributed by atoms with Gasteiger partial charge >= 0.3 is 0 Å². The molecule has 1 fully saturated rings. The molecule has 1 aliphatic heterocycles. The lowest BCUT2D eigenvalue weighted by Gasteiger charge is -2.36. The molecule has 0 spiro atoms. The Labute approximate surface area is 122 Å². The van der Waals surface area contributed by atoms with Crippen LogP contribution in [0.25, 0.3) is 0 Å². The van der Waals surface area contributed by atoms with E-state index >= 15 is 0 Å². The third-order valence-corrected chi connectivity index (χ3v) is 4.05. The van der Waals surface area contributed by atoms with E-state index in [1.54, 1.807) is 6.92 Å². The Morgan fingerprint density at radius 3 is 2.50 bits per heavy atom. The number of carbonyl (C=O) groups is 1. The molecule has 1 rings (SSSR count). The first-order valence-electron chi connectivity index (χ1n) is 7.95. The zero-order valence-corrected chi connectivity index (χ0v) is 13.3. The van der Waals surface area contributed by atoms with Gasteiger partial charge in [-0.1, -0.05) is 27.2 Å². The zero-order valence-electron chi connectivity index (χ0n) is 13.3. The number of hydrogen-bond acceptors (Lipinski definition) is 4. The van der Waals surface area contributed by atoms with Crippen LogP contribution in [0.15, 0.2) is 0 Å². The van der Waals surface area contributed by atoms with E-state index < -0.39 is 6.10 Å². The van der Waals surface area contributed by atoms with Gasteiger partial charge in [0.15, 0.2) is 6.29 Å². The number of ether oxygens (including phenoxy) is 2. The first-order chi connectivity index (χ1) is 9.46. The van der Waals surface area contributed by atoms with Crippen molar-refractivity contribution in [2.45, 2.75) is 90.8 Å². The lowest BCUT2D eigenvalue weighted by Crippen LogP contribution is -2.39. The van der Waals surface area contributed by atoms with E-state index in [0.717, 1.165) is 25.7 Å². The second-order valence-electron chi connectivity index (χ2n) is 6.02. The Morgan fingerprint density at radius 2 is 1.95 bits per heavy atom. The molecule has 0 aromatic heterocycles. The quantitative estimate of drug-likeness (QED) is 0.745. The van der Waals surface area contributed by atoms with Gasteiger partial charge in [0.2, 0.25) is 0 Å². The van der Waals surface area contributed by atoms with Gasteiger partial charge in [-0.25, -0.2) is 0 Å². The highest BCUT2D eigenvalue weighted by molar-refractivity contribution is 5.77. The number of Topliss-reactive ketones (excluding diaryl/α,β-unsaturated/α-hetero) is 1. The molecule has 1 N–H and O–H groups in total. The molecule has 0 radical (unpaired) electrons. The molecule has 0 aliphatic carbocycles. The van der Waals surface area contributed by atoms with Crippen molar-refractivity contribution in [3.8, 4) is 0 Å². The van der Waals surface area contributed by atoms with Crippen LogP contribution >= 0.6 is 0 Å². The summed E-state index contributed by atoms with van der Waals surface area (Å²) >= 11 is 0. The van der Waals surface area contributed by atoms with Crippen LogP contribution in [0.1, 0.15) is 66.2 Å². The van der Waals surface area contributed by atoms with Crippen molar-refractivity contribution in [3.05, 3.63) is 0 Å². The predicted molar refractivity (Wildman–Crippen MR) is 78.4 cm³/mol. The molecule has 0 saturated carbocycles. The van der Waals surface area contributed by atoms with E-state index in [-0.39, 0.29) is 30.2 Å². The van der Waals surface area contributed by atoms with Crippen LogP contribution in [0, 0.1) is 5.92 Å². The lowest BCUT2D eigenvalue weighted by molar-refractivity contribution is -0.249. The van der Waals surface area contributed by atoms with Crippen LogP contribution in [0.4, 0.5) is 0 Å². The van der Waals surface area contributed by atoms with Crippen molar-refractivity contribution < 1.29 is 19.4 Å². The molecule has 0 amide bonds. The van der Waals surface area contributed by atoms with Crippen molar-refractivity contribution in [3.63, 3.8) is 0 Å². The number of aliphatic hydroxyl groups excluding tert-OH is 1. The number of carbonyl (C=O) groups excluding carboxylic acids is 1. The largest absolute Gasteiger partial charge is 0.393 e. The average molecular weight is 286 g/mol. The van der Waals surface area contributed by atoms with Crippen LogP contribution in [0.3, 0.4) is 0 Å². The Kier molecular flexibility index (Phi) is 7.70. The number of ketones is 1. The first kappa shape index (κ1) is 17.6. The summed E-state index contributed by atoms with van der Waals surface area (Å²) in [5.74, 6) is 0.0468. The van der Waals surface area contributed by atoms with E-state index in [1.165, 1.54) is 0 Å². The van der Waals surface area contributed by atoms with Gasteiger partial charge in [0, 0.05) is 12.3 Å². The molecule has 1 saturated heterocycles. The van der Waals surface area contributed by atoms with Crippen LogP contribution in [0.2, 0.25) is 0 Å². The lowest BCUT2D eigenvalue weighted by atomic mass is 9.94.